The van der Waals surface area contributed by atoms with E-state index in [0.717, 1.165) is 11.4 Å². The third kappa shape index (κ3) is 2.25. The number of carbonyl (C=O) groups is 1. The van der Waals surface area contributed by atoms with Gasteiger partial charge in [0.05, 0.1) is 6.54 Å². The van der Waals surface area contributed by atoms with Crippen molar-refractivity contribution in [1.82, 2.24) is 20.2 Å². The van der Waals surface area contributed by atoms with Gasteiger partial charge in [-0.05, 0) is 26.8 Å². The summed E-state index contributed by atoms with van der Waals surface area (Å²) >= 11 is 0. The molecule has 0 fully saturated rings. The van der Waals surface area contributed by atoms with Crippen molar-refractivity contribution in [2.75, 3.05) is 0 Å². The molecule has 1 amide bonds. The van der Waals surface area contributed by atoms with Crippen molar-refractivity contribution in [2.24, 2.45) is 5.84 Å². The number of amides is 1. The molecule has 0 aromatic carbocycles. The van der Waals surface area contributed by atoms with E-state index in [1.807, 2.05) is 19.3 Å². The maximum atomic E-state index is 11.3. The highest BCUT2D eigenvalue weighted by atomic mass is 16.4. The third-order valence-corrected chi connectivity index (χ3v) is 2.66. The van der Waals surface area contributed by atoms with Gasteiger partial charge in [-0.15, -0.1) is 0 Å². The van der Waals surface area contributed by atoms with Crippen LogP contribution >= 0.6 is 0 Å². The molecule has 0 radical (unpaired) electrons. The highest BCUT2D eigenvalue weighted by Gasteiger charge is 2.14. The fourth-order valence-corrected chi connectivity index (χ4v) is 1.73. The Kier molecular flexibility index (Phi) is 3.15. The summed E-state index contributed by atoms with van der Waals surface area (Å²) in [5.41, 5.74) is 2.91. The molecule has 0 unspecified atom stereocenters. The van der Waals surface area contributed by atoms with E-state index in [1.54, 1.807) is 17.7 Å². The predicted molar refractivity (Wildman–Crippen MR) is 63.7 cm³/mol. The molecular weight excluding hydrogens is 234 g/mol. The summed E-state index contributed by atoms with van der Waals surface area (Å²) < 4.78 is 7.09. The van der Waals surface area contributed by atoms with Crippen LogP contribution in [-0.4, -0.2) is 20.7 Å². The molecule has 2 aromatic heterocycles. The summed E-state index contributed by atoms with van der Waals surface area (Å²) in [4.78, 5) is 15.6. The van der Waals surface area contributed by atoms with Gasteiger partial charge in [-0.2, -0.15) is 5.10 Å². The summed E-state index contributed by atoms with van der Waals surface area (Å²) in [6, 6.07) is 1.66. The average molecular weight is 249 g/mol. The smallest absolute Gasteiger partial charge is 0.300 e. The standard InChI is InChI=1S/C11H15N5O2/c1-6-9(4-10(18-6)11(17)14-12)5-16-8(3)13-7(2)15-16/h4H,5,12H2,1-3H3,(H,14,17). The van der Waals surface area contributed by atoms with Crippen LogP contribution in [0.5, 0.6) is 0 Å². The minimum absolute atomic E-state index is 0.194. The van der Waals surface area contributed by atoms with Crippen molar-refractivity contribution >= 4 is 5.91 Å². The largest absolute Gasteiger partial charge is 0.456 e. The topological polar surface area (TPSA) is 99.0 Å². The fraction of sp³-hybridized carbons (Fsp3) is 0.364. The molecule has 0 bridgehead atoms. The fourth-order valence-electron chi connectivity index (χ4n) is 1.73. The molecule has 2 rings (SSSR count). The summed E-state index contributed by atoms with van der Waals surface area (Å²) in [6.45, 7) is 6.02. The second-order valence-electron chi connectivity index (χ2n) is 4.03. The monoisotopic (exact) mass is 249 g/mol. The summed E-state index contributed by atoms with van der Waals surface area (Å²) in [5, 5.41) is 4.26. The van der Waals surface area contributed by atoms with Crippen LogP contribution in [-0.2, 0) is 6.54 Å². The van der Waals surface area contributed by atoms with Crippen LogP contribution in [0, 0.1) is 20.8 Å². The number of nitrogens with zero attached hydrogens (tertiary/aromatic N) is 3. The number of carbonyl (C=O) groups excluding carboxylic acids is 1. The zero-order chi connectivity index (χ0) is 13.3. The molecule has 0 saturated heterocycles. The second kappa shape index (κ2) is 4.61. The van der Waals surface area contributed by atoms with Crippen LogP contribution in [0.3, 0.4) is 0 Å². The van der Waals surface area contributed by atoms with Crippen LogP contribution in [0.4, 0.5) is 0 Å². The molecule has 3 N–H and O–H groups in total. The molecule has 2 heterocycles. The lowest BCUT2D eigenvalue weighted by Gasteiger charge is -2.00. The molecule has 7 heteroatoms. The molecule has 0 saturated carbocycles. The molecular formula is C11H15N5O2. The molecule has 0 aliphatic rings. The Hall–Kier alpha value is -2.15. The molecule has 7 nitrogen and oxygen atoms in total. The number of hydrazine groups is 1. The Morgan fingerprint density at radius 1 is 1.50 bits per heavy atom. The van der Waals surface area contributed by atoms with Crippen molar-refractivity contribution in [3.63, 3.8) is 0 Å². The van der Waals surface area contributed by atoms with Gasteiger partial charge in [-0.1, -0.05) is 0 Å². The zero-order valence-corrected chi connectivity index (χ0v) is 10.5. The number of nitrogen functional groups attached to an aromatic ring is 1. The van der Waals surface area contributed by atoms with Crippen molar-refractivity contribution in [3.05, 3.63) is 34.8 Å². The maximum absolute atomic E-state index is 11.3. The normalized spacial score (nSPS) is 10.7. The highest BCUT2D eigenvalue weighted by Crippen LogP contribution is 2.16. The van der Waals surface area contributed by atoms with Gasteiger partial charge >= 0.3 is 5.91 Å². The highest BCUT2D eigenvalue weighted by molar-refractivity contribution is 5.91. The lowest BCUT2D eigenvalue weighted by atomic mass is 10.2. The van der Waals surface area contributed by atoms with Crippen LogP contribution in [0.25, 0.3) is 0 Å². The van der Waals surface area contributed by atoms with Crippen LogP contribution in [0.2, 0.25) is 0 Å². The molecule has 0 aliphatic heterocycles. The number of hydrogen-bond donors (Lipinski definition) is 2. The molecule has 0 spiro atoms. The maximum Gasteiger partial charge on any atom is 0.300 e. The molecule has 0 atom stereocenters. The van der Waals surface area contributed by atoms with Crippen LogP contribution in [0.15, 0.2) is 10.5 Å². The van der Waals surface area contributed by atoms with E-state index in [2.05, 4.69) is 10.1 Å². The number of aryl methyl sites for hydroxylation is 3. The Balaban J connectivity index is 2.27. The Bertz CT molecular complexity index is 584. The number of nitrogens with one attached hydrogen (secondary N) is 1. The molecule has 2 aromatic rings. The summed E-state index contributed by atoms with van der Waals surface area (Å²) in [6.07, 6.45) is 0. The van der Waals surface area contributed by atoms with E-state index in [-0.39, 0.29) is 5.76 Å². The first kappa shape index (κ1) is 12.3. The lowest BCUT2D eigenvalue weighted by Crippen LogP contribution is -2.29. The van der Waals surface area contributed by atoms with Gasteiger partial charge in [0.2, 0.25) is 0 Å². The van der Waals surface area contributed by atoms with E-state index in [9.17, 15) is 4.79 Å². The lowest BCUT2D eigenvalue weighted by molar-refractivity contribution is 0.0924. The summed E-state index contributed by atoms with van der Waals surface area (Å²) in [5.74, 6) is 7.00. The van der Waals surface area contributed by atoms with Gasteiger partial charge in [-0.3, -0.25) is 10.2 Å². The SMILES string of the molecule is Cc1nc(C)n(Cc2cc(C(=O)NN)oc2C)n1. The van der Waals surface area contributed by atoms with Gasteiger partial charge in [0, 0.05) is 5.56 Å². The van der Waals surface area contributed by atoms with E-state index in [4.69, 9.17) is 10.3 Å². The van der Waals surface area contributed by atoms with E-state index in [1.165, 1.54) is 0 Å². The van der Waals surface area contributed by atoms with Crippen molar-refractivity contribution < 1.29 is 9.21 Å². The average Bonchev–Trinajstić information content (AvgIpc) is 2.83. The first-order valence-electron chi connectivity index (χ1n) is 5.49. The van der Waals surface area contributed by atoms with E-state index in [0.29, 0.717) is 18.1 Å². The van der Waals surface area contributed by atoms with E-state index >= 15 is 0 Å². The number of rotatable bonds is 3. The second-order valence-corrected chi connectivity index (χ2v) is 4.03. The Morgan fingerprint density at radius 2 is 2.22 bits per heavy atom. The van der Waals surface area contributed by atoms with Gasteiger partial charge in [-0.25, -0.2) is 15.5 Å². The van der Waals surface area contributed by atoms with Crippen LogP contribution in [0.1, 0.15) is 33.5 Å². The number of aromatic nitrogens is 3. The summed E-state index contributed by atoms with van der Waals surface area (Å²) in [7, 11) is 0. The number of nitrogens with two attached hydrogens (primary N) is 1. The predicted octanol–water partition coefficient (Wildman–Crippen LogP) is 0.448. The minimum atomic E-state index is -0.448. The van der Waals surface area contributed by atoms with Crippen molar-refractivity contribution in [1.29, 1.82) is 0 Å². The van der Waals surface area contributed by atoms with Crippen molar-refractivity contribution in [3.8, 4) is 0 Å². The van der Waals surface area contributed by atoms with Crippen LogP contribution < -0.4 is 11.3 Å². The van der Waals surface area contributed by atoms with Gasteiger partial charge in [0.1, 0.15) is 17.4 Å². The zero-order valence-electron chi connectivity index (χ0n) is 10.5. The molecule has 18 heavy (non-hydrogen) atoms. The van der Waals surface area contributed by atoms with Gasteiger partial charge in [0.15, 0.2) is 5.76 Å². The quantitative estimate of drug-likeness (QED) is 0.467. The molecule has 96 valence electrons. The van der Waals surface area contributed by atoms with Gasteiger partial charge in [0.25, 0.3) is 0 Å². The first-order valence-corrected chi connectivity index (χ1v) is 5.49. The molecule has 0 aliphatic carbocycles. The van der Waals surface area contributed by atoms with Gasteiger partial charge < -0.3 is 4.42 Å². The number of furan rings is 1. The number of hydrogen-bond acceptors (Lipinski definition) is 5. The first-order chi connectivity index (χ1) is 8.51. The van der Waals surface area contributed by atoms with Crippen molar-refractivity contribution in [2.45, 2.75) is 27.3 Å². The van der Waals surface area contributed by atoms with E-state index < -0.39 is 5.91 Å². The minimum Gasteiger partial charge on any atom is -0.456 e. The Morgan fingerprint density at radius 3 is 2.78 bits per heavy atom. The third-order valence-electron chi connectivity index (χ3n) is 2.66. The Labute approximate surface area is 104 Å².